The standard InChI is InChI=1S/C28H35N3O3/c1-6-17-33-20-24(32)18-31(22(4)7-2)19-26-27(23-11-9-8-10-12-23)29-30(5)28(26)34-25-15-13-21(3)14-16-25/h1,8-16,22,24,32H,7,17-20H2,2-5H3/t22-,24-/m0/s1. The molecule has 0 amide bonds. The third-order valence-electron chi connectivity index (χ3n) is 5.89. The van der Waals surface area contributed by atoms with Gasteiger partial charge in [0.2, 0.25) is 5.88 Å². The topological polar surface area (TPSA) is 59.8 Å². The van der Waals surface area contributed by atoms with Crippen molar-refractivity contribution in [3.63, 3.8) is 0 Å². The van der Waals surface area contributed by atoms with Crippen molar-refractivity contribution in [1.82, 2.24) is 14.7 Å². The van der Waals surface area contributed by atoms with Crippen LogP contribution in [0.25, 0.3) is 11.3 Å². The van der Waals surface area contributed by atoms with Crippen LogP contribution in [0.3, 0.4) is 0 Å². The number of rotatable bonds is 12. The first-order valence-corrected chi connectivity index (χ1v) is 11.7. The van der Waals surface area contributed by atoms with E-state index in [0.717, 1.165) is 29.0 Å². The summed E-state index contributed by atoms with van der Waals surface area (Å²) in [6, 6.07) is 18.3. The zero-order valence-corrected chi connectivity index (χ0v) is 20.6. The summed E-state index contributed by atoms with van der Waals surface area (Å²) in [5.74, 6) is 3.88. The molecule has 0 aliphatic rings. The lowest BCUT2D eigenvalue weighted by Gasteiger charge is -2.30. The van der Waals surface area contributed by atoms with E-state index in [4.69, 9.17) is 21.0 Å². The van der Waals surface area contributed by atoms with Crippen LogP contribution in [-0.2, 0) is 18.3 Å². The lowest BCUT2D eigenvalue weighted by Crippen LogP contribution is -2.40. The van der Waals surface area contributed by atoms with Crippen molar-refractivity contribution in [2.75, 3.05) is 19.8 Å². The van der Waals surface area contributed by atoms with E-state index in [9.17, 15) is 5.11 Å². The smallest absolute Gasteiger partial charge is 0.222 e. The Hall–Kier alpha value is -3.11. The van der Waals surface area contributed by atoms with Crippen molar-refractivity contribution in [1.29, 1.82) is 0 Å². The first-order valence-electron chi connectivity index (χ1n) is 11.7. The number of aliphatic hydroxyl groups is 1. The zero-order chi connectivity index (χ0) is 24.5. The molecule has 0 spiro atoms. The van der Waals surface area contributed by atoms with E-state index >= 15 is 0 Å². The normalized spacial score (nSPS) is 13.0. The molecule has 1 aromatic heterocycles. The molecule has 0 unspecified atom stereocenters. The summed E-state index contributed by atoms with van der Waals surface area (Å²) in [5.41, 5.74) is 4.04. The Labute approximate surface area is 203 Å². The average molecular weight is 462 g/mol. The van der Waals surface area contributed by atoms with Crippen molar-refractivity contribution in [2.45, 2.75) is 45.9 Å². The molecule has 0 saturated heterocycles. The maximum absolute atomic E-state index is 10.6. The third-order valence-corrected chi connectivity index (χ3v) is 5.89. The van der Waals surface area contributed by atoms with Crippen molar-refractivity contribution < 1.29 is 14.6 Å². The highest BCUT2D eigenvalue weighted by Gasteiger charge is 2.25. The number of ether oxygens (including phenoxy) is 2. The Bertz CT molecular complexity index is 1070. The van der Waals surface area contributed by atoms with Crippen molar-refractivity contribution in [2.24, 2.45) is 7.05 Å². The Balaban J connectivity index is 1.96. The molecule has 2 aromatic carbocycles. The number of nitrogens with zero attached hydrogens (tertiary/aromatic N) is 3. The minimum absolute atomic E-state index is 0.190. The van der Waals surface area contributed by atoms with Gasteiger partial charge in [-0.25, -0.2) is 4.68 Å². The van der Waals surface area contributed by atoms with Gasteiger partial charge in [-0.15, -0.1) is 6.42 Å². The maximum atomic E-state index is 10.6. The molecule has 0 bridgehead atoms. The second-order valence-corrected chi connectivity index (χ2v) is 8.60. The van der Waals surface area contributed by atoms with Crippen molar-refractivity contribution >= 4 is 0 Å². The molecule has 180 valence electrons. The SMILES string of the molecule is C#CCOC[C@@H](O)CN(Cc1c(-c2ccccc2)nn(C)c1Oc1ccc(C)cc1)[C@@H](C)CC. The Morgan fingerprint density at radius 3 is 2.50 bits per heavy atom. The fourth-order valence-electron chi connectivity index (χ4n) is 3.81. The fourth-order valence-corrected chi connectivity index (χ4v) is 3.81. The predicted molar refractivity (Wildman–Crippen MR) is 136 cm³/mol. The minimum Gasteiger partial charge on any atom is -0.439 e. The van der Waals surface area contributed by atoms with Crippen LogP contribution >= 0.6 is 0 Å². The molecule has 6 nitrogen and oxygen atoms in total. The van der Waals surface area contributed by atoms with Crippen LogP contribution in [0.1, 0.15) is 31.4 Å². The molecule has 0 saturated carbocycles. The van der Waals surface area contributed by atoms with E-state index in [0.29, 0.717) is 19.0 Å². The van der Waals surface area contributed by atoms with Crippen LogP contribution < -0.4 is 4.74 Å². The van der Waals surface area contributed by atoms with E-state index in [2.05, 4.69) is 43.7 Å². The number of hydrogen-bond donors (Lipinski definition) is 1. The molecular weight excluding hydrogens is 426 g/mol. The molecule has 0 fully saturated rings. The Morgan fingerprint density at radius 2 is 1.85 bits per heavy atom. The van der Waals surface area contributed by atoms with Crippen LogP contribution in [0.15, 0.2) is 54.6 Å². The van der Waals surface area contributed by atoms with E-state index < -0.39 is 6.10 Å². The van der Waals surface area contributed by atoms with Crippen LogP contribution in [0.2, 0.25) is 0 Å². The predicted octanol–water partition coefficient (Wildman–Crippen LogP) is 4.80. The maximum Gasteiger partial charge on any atom is 0.222 e. The van der Waals surface area contributed by atoms with Gasteiger partial charge >= 0.3 is 0 Å². The average Bonchev–Trinajstić information content (AvgIpc) is 3.15. The number of aromatic nitrogens is 2. The second kappa shape index (κ2) is 12.4. The molecule has 0 aliphatic carbocycles. The molecule has 2 atom stereocenters. The molecule has 0 aliphatic heterocycles. The summed E-state index contributed by atoms with van der Waals surface area (Å²) in [4.78, 5) is 2.25. The van der Waals surface area contributed by atoms with Gasteiger partial charge in [-0.3, -0.25) is 4.90 Å². The summed E-state index contributed by atoms with van der Waals surface area (Å²) in [6.07, 6.45) is 5.55. The fraction of sp³-hybridized carbons (Fsp3) is 0.393. The van der Waals surface area contributed by atoms with Gasteiger partial charge in [0.15, 0.2) is 0 Å². The third kappa shape index (κ3) is 6.71. The summed E-state index contributed by atoms with van der Waals surface area (Å²) in [5, 5.41) is 15.4. The summed E-state index contributed by atoms with van der Waals surface area (Å²) < 4.78 is 13.5. The second-order valence-electron chi connectivity index (χ2n) is 8.60. The van der Waals surface area contributed by atoms with E-state index in [1.165, 1.54) is 5.56 Å². The largest absolute Gasteiger partial charge is 0.439 e. The molecule has 6 heteroatoms. The molecular formula is C28H35N3O3. The number of terminal acetylenes is 1. The number of aliphatic hydroxyl groups excluding tert-OH is 1. The Kier molecular flexibility index (Phi) is 9.29. The quantitative estimate of drug-likeness (QED) is 0.310. The lowest BCUT2D eigenvalue weighted by atomic mass is 10.1. The number of hydrogen-bond acceptors (Lipinski definition) is 5. The van der Waals surface area contributed by atoms with Crippen LogP contribution in [0.5, 0.6) is 11.6 Å². The first kappa shape index (κ1) is 25.5. The van der Waals surface area contributed by atoms with Crippen molar-refractivity contribution in [3.8, 4) is 35.2 Å². The first-order chi connectivity index (χ1) is 16.4. The van der Waals surface area contributed by atoms with Gasteiger partial charge in [-0.05, 0) is 32.4 Å². The van der Waals surface area contributed by atoms with Gasteiger partial charge in [0.25, 0.3) is 0 Å². The molecule has 34 heavy (non-hydrogen) atoms. The van der Waals surface area contributed by atoms with Gasteiger partial charge < -0.3 is 14.6 Å². The summed E-state index contributed by atoms with van der Waals surface area (Å²) in [6.45, 7) is 7.76. The van der Waals surface area contributed by atoms with Gasteiger partial charge in [-0.2, -0.15) is 5.10 Å². The Morgan fingerprint density at radius 1 is 1.15 bits per heavy atom. The minimum atomic E-state index is -0.652. The highest BCUT2D eigenvalue weighted by molar-refractivity contribution is 5.65. The van der Waals surface area contributed by atoms with Gasteiger partial charge in [0.05, 0.1) is 18.3 Å². The highest BCUT2D eigenvalue weighted by atomic mass is 16.5. The lowest BCUT2D eigenvalue weighted by molar-refractivity contribution is 0.0169. The van der Waals surface area contributed by atoms with Gasteiger partial charge in [-0.1, -0.05) is 60.9 Å². The molecule has 1 N–H and O–H groups in total. The zero-order valence-electron chi connectivity index (χ0n) is 20.6. The van der Waals surface area contributed by atoms with Crippen molar-refractivity contribution in [3.05, 3.63) is 65.7 Å². The van der Waals surface area contributed by atoms with E-state index in [1.807, 2.05) is 49.5 Å². The van der Waals surface area contributed by atoms with E-state index in [-0.39, 0.29) is 19.3 Å². The van der Waals surface area contributed by atoms with Gasteiger partial charge in [0.1, 0.15) is 18.1 Å². The molecule has 1 heterocycles. The summed E-state index contributed by atoms with van der Waals surface area (Å²) in [7, 11) is 1.90. The van der Waals surface area contributed by atoms with Gasteiger partial charge in [0, 0.05) is 31.7 Å². The summed E-state index contributed by atoms with van der Waals surface area (Å²) >= 11 is 0. The number of aryl methyl sites for hydroxylation is 2. The van der Waals surface area contributed by atoms with Crippen LogP contribution in [-0.4, -0.2) is 51.7 Å². The van der Waals surface area contributed by atoms with E-state index in [1.54, 1.807) is 4.68 Å². The molecule has 3 aromatic rings. The van der Waals surface area contributed by atoms with Crippen LogP contribution in [0.4, 0.5) is 0 Å². The monoisotopic (exact) mass is 461 g/mol. The number of benzene rings is 2. The molecule has 0 radical (unpaired) electrons. The van der Waals surface area contributed by atoms with Crippen LogP contribution in [0, 0.1) is 19.3 Å². The molecule has 3 rings (SSSR count). The highest BCUT2D eigenvalue weighted by Crippen LogP contribution is 2.34.